The molecular formula is C12H19N. The van der Waals surface area contributed by atoms with Crippen molar-refractivity contribution in [2.45, 2.75) is 45.4 Å². The Morgan fingerprint density at radius 3 is 2.23 bits per heavy atom. The molecule has 0 unspecified atom stereocenters. The summed E-state index contributed by atoms with van der Waals surface area (Å²) in [5.74, 6) is 0. The van der Waals surface area contributed by atoms with Gasteiger partial charge in [0.1, 0.15) is 0 Å². The molecule has 1 heteroatoms. The Morgan fingerprint density at radius 2 is 1.62 bits per heavy atom. The van der Waals surface area contributed by atoms with Crippen LogP contribution in [-0.4, -0.2) is 0 Å². The van der Waals surface area contributed by atoms with E-state index in [0.717, 1.165) is 19.3 Å². The van der Waals surface area contributed by atoms with E-state index in [2.05, 4.69) is 37.3 Å². The zero-order valence-electron chi connectivity index (χ0n) is 8.50. The second-order valence-electron chi connectivity index (χ2n) is 2.98. The van der Waals surface area contributed by atoms with E-state index in [4.69, 9.17) is 5.26 Å². The second-order valence-corrected chi connectivity index (χ2v) is 2.98. The van der Waals surface area contributed by atoms with Crippen LogP contribution in [0.5, 0.6) is 0 Å². The molecule has 13 heavy (non-hydrogen) atoms. The zero-order valence-corrected chi connectivity index (χ0v) is 8.50. The predicted octanol–water partition coefficient (Wildman–Crippen LogP) is 3.98. The molecule has 0 aliphatic rings. The van der Waals surface area contributed by atoms with Crippen LogP contribution in [0.15, 0.2) is 24.3 Å². The molecule has 0 aromatic rings. The quantitative estimate of drug-likeness (QED) is 0.426. The molecule has 72 valence electrons. The highest BCUT2D eigenvalue weighted by atomic mass is 14.2. The van der Waals surface area contributed by atoms with Gasteiger partial charge in [0, 0.05) is 6.42 Å². The molecule has 0 heterocycles. The maximum absolute atomic E-state index is 8.27. The first kappa shape index (κ1) is 12.0. The van der Waals surface area contributed by atoms with Crippen LogP contribution in [0.3, 0.4) is 0 Å². The number of rotatable bonds is 7. The molecule has 0 atom stereocenters. The Bertz CT molecular complexity index is 184. The molecule has 0 N–H and O–H groups in total. The van der Waals surface area contributed by atoms with Crippen LogP contribution in [0.2, 0.25) is 0 Å². The van der Waals surface area contributed by atoms with E-state index in [1.807, 2.05) is 0 Å². The SMILES string of the molecule is CC/C=C/CCC/C=C/CCC#N. The van der Waals surface area contributed by atoms with Crippen molar-refractivity contribution in [2.24, 2.45) is 0 Å². The van der Waals surface area contributed by atoms with Crippen LogP contribution in [0, 0.1) is 11.3 Å². The summed E-state index contributed by atoms with van der Waals surface area (Å²) in [7, 11) is 0. The molecule has 0 saturated carbocycles. The van der Waals surface area contributed by atoms with Crippen molar-refractivity contribution in [2.75, 3.05) is 0 Å². The van der Waals surface area contributed by atoms with Gasteiger partial charge in [0.2, 0.25) is 0 Å². The van der Waals surface area contributed by atoms with Gasteiger partial charge in [-0.25, -0.2) is 0 Å². The lowest BCUT2D eigenvalue weighted by molar-refractivity contribution is 0.860. The summed E-state index contributed by atoms with van der Waals surface area (Å²) in [5, 5.41) is 8.27. The summed E-state index contributed by atoms with van der Waals surface area (Å²) in [6.45, 7) is 2.15. The Hall–Kier alpha value is -1.03. The Balaban J connectivity index is 3.11. The standard InChI is InChI=1S/C12H19N/c1-2-3-4-5-6-7-8-9-10-11-12-13/h3-4,8-9H,2,5-7,10-11H2,1H3/b4-3+,9-8+. The van der Waals surface area contributed by atoms with Crippen molar-refractivity contribution in [3.63, 3.8) is 0 Å². The Morgan fingerprint density at radius 1 is 1.00 bits per heavy atom. The van der Waals surface area contributed by atoms with Crippen molar-refractivity contribution >= 4 is 0 Å². The van der Waals surface area contributed by atoms with Crippen LogP contribution < -0.4 is 0 Å². The van der Waals surface area contributed by atoms with Crippen LogP contribution in [-0.2, 0) is 0 Å². The fourth-order valence-corrected chi connectivity index (χ4v) is 1.02. The van der Waals surface area contributed by atoms with Gasteiger partial charge < -0.3 is 0 Å². The van der Waals surface area contributed by atoms with Gasteiger partial charge in [-0.2, -0.15) is 5.26 Å². The van der Waals surface area contributed by atoms with Gasteiger partial charge in [-0.3, -0.25) is 0 Å². The van der Waals surface area contributed by atoms with E-state index in [0.29, 0.717) is 6.42 Å². The fraction of sp³-hybridized carbons (Fsp3) is 0.583. The van der Waals surface area contributed by atoms with Crippen molar-refractivity contribution in [3.8, 4) is 6.07 Å². The molecule has 0 fully saturated rings. The molecule has 0 aromatic carbocycles. The van der Waals surface area contributed by atoms with Crippen LogP contribution >= 0.6 is 0 Å². The van der Waals surface area contributed by atoms with Gasteiger partial charge in [0.25, 0.3) is 0 Å². The lowest BCUT2D eigenvalue weighted by Crippen LogP contribution is -1.70. The van der Waals surface area contributed by atoms with E-state index in [1.54, 1.807) is 0 Å². The summed E-state index contributed by atoms with van der Waals surface area (Å²) >= 11 is 0. The average Bonchev–Trinajstić information content (AvgIpc) is 2.16. The molecule has 1 nitrogen and oxygen atoms in total. The molecule has 0 bridgehead atoms. The number of hydrogen-bond acceptors (Lipinski definition) is 1. The zero-order chi connectivity index (χ0) is 9.78. The lowest BCUT2D eigenvalue weighted by Gasteiger charge is -1.89. The van der Waals surface area contributed by atoms with E-state index >= 15 is 0 Å². The lowest BCUT2D eigenvalue weighted by atomic mass is 10.2. The molecule has 0 radical (unpaired) electrons. The third-order valence-corrected chi connectivity index (χ3v) is 1.73. The van der Waals surface area contributed by atoms with Gasteiger partial charge in [0.15, 0.2) is 0 Å². The van der Waals surface area contributed by atoms with Crippen LogP contribution in [0.1, 0.15) is 45.4 Å². The summed E-state index contributed by atoms with van der Waals surface area (Å²) < 4.78 is 0. The number of hydrogen-bond donors (Lipinski definition) is 0. The van der Waals surface area contributed by atoms with E-state index in [1.165, 1.54) is 12.8 Å². The highest BCUT2D eigenvalue weighted by molar-refractivity contribution is 4.87. The molecule has 0 amide bonds. The second kappa shape index (κ2) is 11.0. The third-order valence-electron chi connectivity index (χ3n) is 1.73. The minimum atomic E-state index is 0.645. The summed E-state index contributed by atoms with van der Waals surface area (Å²) in [4.78, 5) is 0. The molecular weight excluding hydrogens is 158 g/mol. The van der Waals surface area contributed by atoms with Crippen LogP contribution in [0.25, 0.3) is 0 Å². The number of nitriles is 1. The van der Waals surface area contributed by atoms with Crippen molar-refractivity contribution in [1.82, 2.24) is 0 Å². The Labute approximate surface area is 81.8 Å². The van der Waals surface area contributed by atoms with E-state index < -0.39 is 0 Å². The maximum Gasteiger partial charge on any atom is 0.0624 e. The maximum atomic E-state index is 8.27. The highest BCUT2D eigenvalue weighted by Gasteiger charge is 1.80. The van der Waals surface area contributed by atoms with Crippen molar-refractivity contribution < 1.29 is 0 Å². The first-order chi connectivity index (χ1) is 6.41. The number of allylic oxidation sites excluding steroid dienone is 4. The first-order valence-electron chi connectivity index (χ1n) is 5.08. The predicted molar refractivity (Wildman–Crippen MR) is 57.3 cm³/mol. The molecule has 0 spiro atoms. The topological polar surface area (TPSA) is 23.8 Å². The minimum Gasteiger partial charge on any atom is -0.198 e. The van der Waals surface area contributed by atoms with Gasteiger partial charge in [-0.1, -0.05) is 31.2 Å². The van der Waals surface area contributed by atoms with Crippen molar-refractivity contribution in [3.05, 3.63) is 24.3 Å². The smallest absolute Gasteiger partial charge is 0.0624 e. The molecule has 0 aromatic heterocycles. The Kier molecular flexibility index (Phi) is 10.1. The molecule has 0 saturated heterocycles. The highest BCUT2D eigenvalue weighted by Crippen LogP contribution is 2.00. The van der Waals surface area contributed by atoms with E-state index in [-0.39, 0.29) is 0 Å². The average molecular weight is 177 g/mol. The molecule has 0 rings (SSSR count). The summed E-state index contributed by atoms with van der Waals surface area (Å²) in [6.07, 6.45) is 15.0. The fourth-order valence-electron chi connectivity index (χ4n) is 1.02. The first-order valence-corrected chi connectivity index (χ1v) is 5.08. The third kappa shape index (κ3) is 11.0. The molecule has 0 aliphatic carbocycles. The monoisotopic (exact) mass is 177 g/mol. The molecule has 0 aliphatic heterocycles. The summed E-state index contributed by atoms with van der Waals surface area (Å²) in [6, 6.07) is 2.12. The normalized spacial score (nSPS) is 11.1. The van der Waals surface area contributed by atoms with E-state index in [9.17, 15) is 0 Å². The number of unbranched alkanes of at least 4 members (excludes halogenated alkanes) is 3. The number of nitrogens with zero attached hydrogens (tertiary/aromatic N) is 1. The van der Waals surface area contributed by atoms with Crippen molar-refractivity contribution in [1.29, 1.82) is 5.26 Å². The van der Waals surface area contributed by atoms with Gasteiger partial charge in [0.05, 0.1) is 6.07 Å². The summed E-state index contributed by atoms with van der Waals surface area (Å²) in [5.41, 5.74) is 0. The van der Waals surface area contributed by atoms with Gasteiger partial charge in [-0.15, -0.1) is 0 Å². The van der Waals surface area contributed by atoms with Gasteiger partial charge in [-0.05, 0) is 32.1 Å². The van der Waals surface area contributed by atoms with Gasteiger partial charge >= 0.3 is 0 Å². The minimum absolute atomic E-state index is 0.645. The largest absolute Gasteiger partial charge is 0.198 e. The van der Waals surface area contributed by atoms with Crippen LogP contribution in [0.4, 0.5) is 0 Å².